The number of rotatable bonds is 4. The standard InChI is InChI=1S/C19H23N3O3/c23-19(21-25-17-9-3-6-12-24-17)15-13-14-7-1-2-8-16(14)20-18(15)22-10-4-5-11-22/h1-2,7-8,13,17H,3-6,9-12H2,(H,21,23)/t17-/m1/s1. The van der Waals surface area contributed by atoms with Gasteiger partial charge in [-0.05, 0) is 37.8 Å². The largest absolute Gasteiger partial charge is 0.356 e. The van der Waals surface area contributed by atoms with Gasteiger partial charge in [-0.1, -0.05) is 18.2 Å². The van der Waals surface area contributed by atoms with E-state index in [4.69, 9.17) is 14.6 Å². The van der Waals surface area contributed by atoms with Crippen LogP contribution in [0.25, 0.3) is 10.9 Å². The highest BCUT2D eigenvalue weighted by Crippen LogP contribution is 2.26. The van der Waals surface area contributed by atoms with Crippen LogP contribution in [0.2, 0.25) is 0 Å². The van der Waals surface area contributed by atoms with Gasteiger partial charge in [0.1, 0.15) is 5.82 Å². The molecule has 6 nitrogen and oxygen atoms in total. The minimum atomic E-state index is -0.360. The van der Waals surface area contributed by atoms with Crippen LogP contribution in [0, 0.1) is 0 Å². The Kier molecular flexibility index (Phi) is 4.81. The fraction of sp³-hybridized carbons (Fsp3) is 0.474. The van der Waals surface area contributed by atoms with Gasteiger partial charge in [0, 0.05) is 31.5 Å². The molecule has 0 spiro atoms. The highest BCUT2D eigenvalue weighted by atomic mass is 16.8. The Labute approximate surface area is 147 Å². The second-order valence-electron chi connectivity index (χ2n) is 6.59. The van der Waals surface area contributed by atoms with Gasteiger partial charge in [-0.3, -0.25) is 4.79 Å². The van der Waals surface area contributed by atoms with Gasteiger partial charge in [0.05, 0.1) is 11.1 Å². The second kappa shape index (κ2) is 7.37. The summed E-state index contributed by atoms with van der Waals surface area (Å²) in [6.07, 6.45) is 4.79. The maximum absolute atomic E-state index is 12.8. The Morgan fingerprint density at radius 3 is 2.84 bits per heavy atom. The van der Waals surface area contributed by atoms with Crippen molar-refractivity contribution in [3.63, 3.8) is 0 Å². The Hall–Kier alpha value is -2.18. The van der Waals surface area contributed by atoms with Crippen LogP contribution in [0.3, 0.4) is 0 Å². The van der Waals surface area contributed by atoms with Crippen LogP contribution in [0.4, 0.5) is 5.82 Å². The lowest BCUT2D eigenvalue weighted by Crippen LogP contribution is -2.34. The molecule has 0 radical (unpaired) electrons. The number of aromatic nitrogens is 1. The van der Waals surface area contributed by atoms with E-state index < -0.39 is 0 Å². The average Bonchev–Trinajstić information content (AvgIpc) is 3.20. The monoisotopic (exact) mass is 341 g/mol. The summed E-state index contributed by atoms with van der Waals surface area (Å²) in [5.41, 5.74) is 4.02. The molecule has 1 amide bonds. The van der Waals surface area contributed by atoms with Crippen LogP contribution in [-0.4, -0.2) is 36.9 Å². The van der Waals surface area contributed by atoms with Crippen molar-refractivity contribution in [2.45, 2.75) is 38.4 Å². The van der Waals surface area contributed by atoms with E-state index in [0.717, 1.165) is 61.9 Å². The molecular formula is C19H23N3O3. The minimum Gasteiger partial charge on any atom is -0.356 e. The average molecular weight is 341 g/mol. The molecule has 1 atom stereocenters. The normalized spacial score (nSPS) is 20.8. The van der Waals surface area contributed by atoms with Gasteiger partial charge >= 0.3 is 0 Å². The fourth-order valence-electron chi connectivity index (χ4n) is 3.42. The minimum absolute atomic E-state index is 0.269. The molecule has 2 aliphatic rings. The summed E-state index contributed by atoms with van der Waals surface area (Å²) in [6, 6.07) is 9.76. The number of ether oxygens (including phenoxy) is 1. The molecule has 2 aliphatic heterocycles. The number of para-hydroxylation sites is 1. The number of carbonyl (C=O) groups is 1. The van der Waals surface area contributed by atoms with Crippen LogP contribution in [-0.2, 0) is 9.57 Å². The molecule has 2 aromatic rings. The second-order valence-corrected chi connectivity index (χ2v) is 6.59. The first-order valence-electron chi connectivity index (χ1n) is 9.03. The van der Waals surface area contributed by atoms with E-state index in [-0.39, 0.29) is 12.2 Å². The van der Waals surface area contributed by atoms with Gasteiger partial charge in [0.2, 0.25) is 0 Å². The number of carbonyl (C=O) groups excluding carboxylic acids is 1. The van der Waals surface area contributed by atoms with E-state index in [1.165, 1.54) is 0 Å². The number of fused-ring (bicyclic) bond motifs is 1. The van der Waals surface area contributed by atoms with Crippen LogP contribution in [0.15, 0.2) is 30.3 Å². The number of amides is 1. The van der Waals surface area contributed by atoms with Crippen molar-refractivity contribution in [3.05, 3.63) is 35.9 Å². The highest BCUT2D eigenvalue weighted by molar-refractivity contribution is 6.02. The lowest BCUT2D eigenvalue weighted by Gasteiger charge is -2.23. The molecule has 0 bridgehead atoms. The van der Waals surface area contributed by atoms with Crippen molar-refractivity contribution in [2.75, 3.05) is 24.6 Å². The van der Waals surface area contributed by atoms with E-state index in [2.05, 4.69) is 10.4 Å². The summed E-state index contributed by atoms with van der Waals surface area (Å²) in [5.74, 6) is 0.469. The molecule has 25 heavy (non-hydrogen) atoms. The van der Waals surface area contributed by atoms with Crippen molar-refractivity contribution in [1.82, 2.24) is 10.5 Å². The number of hydrogen-bond donors (Lipinski definition) is 1. The van der Waals surface area contributed by atoms with Crippen molar-refractivity contribution in [1.29, 1.82) is 0 Å². The van der Waals surface area contributed by atoms with Gasteiger partial charge in [0.15, 0.2) is 6.29 Å². The predicted molar refractivity (Wildman–Crippen MR) is 95.3 cm³/mol. The first-order chi connectivity index (χ1) is 12.3. The van der Waals surface area contributed by atoms with Crippen molar-refractivity contribution < 1.29 is 14.4 Å². The maximum atomic E-state index is 12.8. The Morgan fingerprint density at radius 2 is 2.04 bits per heavy atom. The van der Waals surface area contributed by atoms with Crippen LogP contribution < -0.4 is 10.4 Å². The number of hydroxylamine groups is 1. The van der Waals surface area contributed by atoms with Gasteiger partial charge in [-0.2, -0.15) is 0 Å². The Bertz CT molecular complexity index is 753. The molecule has 0 saturated carbocycles. The Balaban J connectivity index is 1.59. The van der Waals surface area contributed by atoms with Crippen molar-refractivity contribution in [2.24, 2.45) is 0 Å². The fourth-order valence-corrected chi connectivity index (χ4v) is 3.42. The third kappa shape index (κ3) is 3.60. The van der Waals surface area contributed by atoms with E-state index in [1.54, 1.807) is 0 Å². The molecule has 0 aliphatic carbocycles. The molecule has 6 heteroatoms. The first-order valence-corrected chi connectivity index (χ1v) is 9.03. The molecule has 1 N–H and O–H groups in total. The summed E-state index contributed by atoms with van der Waals surface area (Å²) in [5, 5.41) is 0.949. The molecule has 1 aromatic heterocycles. The molecular weight excluding hydrogens is 318 g/mol. The number of anilines is 1. The van der Waals surface area contributed by atoms with Gasteiger partial charge in [-0.15, -0.1) is 0 Å². The molecule has 1 aromatic carbocycles. The highest BCUT2D eigenvalue weighted by Gasteiger charge is 2.23. The summed E-state index contributed by atoms with van der Waals surface area (Å²) in [7, 11) is 0. The molecule has 4 rings (SSSR count). The lowest BCUT2D eigenvalue weighted by molar-refractivity contribution is -0.186. The molecule has 3 heterocycles. The van der Waals surface area contributed by atoms with Crippen LogP contribution in [0.1, 0.15) is 42.5 Å². The van der Waals surface area contributed by atoms with Crippen molar-refractivity contribution >= 4 is 22.6 Å². The lowest BCUT2D eigenvalue weighted by atomic mass is 10.1. The first kappa shape index (κ1) is 16.3. The van der Waals surface area contributed by atoms with Gasteiger partial charge < -0.3 is 9.64 Å². The smallest absolute Gasteiger partial charge is 0.278 e. The number of nitrogens with zero attached hydrogens (tertiary/aromatic N) is 2. The number of nitrogens with one attached hydrogen (secondary N) is 1. The zero-order valence-electron chi connectivity index (χ0n) is 14.2. The predicted octanol–water partition coefficient (Wildman–Crippen LogP) is 3.02. The molecule has 0 unspecified atom stereocenters. The van der Waals surface area contributed by atoms with E-state index in [9.17, 15) is 4.79 Å². The molecule has 132 valence electrons. The third-order valence-electron chi connectivity index (χ3n) is 4.78. The van der Waals surface area contributed by atoms with Crippen molar-refractivity contribution in [3.8, 4) is 0 Å². The zero-order chi connectivity index (χ0) is 17.1. The Morgan fingerprint density at radius 1 is 1.20 bits per heavy atom. The third-order valence-corrected chi connectivity index (χ3v) is 4.78. The van der Waals surface area contributed by atoms with E-state index >= 15 is 0 Å². The summed E-state index contributed by atoms with van der Waals surface area (Å²) in [4.78, 5) is 25.1. The van der Waals surface area contributed by atoms with E-state index in [1.807, 2.05) is 30.3 Å². The SMILES string of the molecule is O=C(NO[C@@H]1CCCCO1)c1cc2ccccc2nc1N1CCCC1. The zero-order valence-corrected chi connectivity index (χ0v) is 14.2. The number of hydrogen-bond acceptors (Lipinski definition) is 5. The number of benzene rings is 1. The van der Waals surface area contributed by atoms with Crippen LogP contribution in [0.5, 0.6) is 0 Å². The van der Waals surface area contributed by atoms with Gasteiger partial charge in [-0.25, -0.2) is 15.3 Å². The van der Waals surface area contributed by atoms with Gasteiger partial charge in [0.25, 0.3) is 5.91 Å². The van der Waals surface area contributed by atoms with E-state index in [0.29, 0.717) is 12.2 Å². The summed E-state index contributed by atoms with van der Waals surface area (Å²) < 4.78 is 5.50. The quantitative estimate of drug-likeness (QED) is 0.866. The van der Waals surface area contributed by atoms with Crippen LogP contribution >= 0.6 is 0 Å². The summed E-state index contributed by atoms with van der Waals surface area (Å²) >= 11 is 0. The maximum Gasteiger partial charge on any atom is 0.278 e. The topological polar surface area (TPSA) is 63.7 Å². The molecule has 2 fully saturated rings. The summed E-state index contributed by atoms with van der Waals surface area (Å²) in [6.45, 7) is 2.54. The number of pyridine rings is 1. The molecule has 2 saturated heterocycles.